The van der Waals surface area contributed by atoms with E-state index in [0.717, 1.165) is 59.1 Å². The molecule has 0 saturated carbocycles. The van der Waals surface area contributed by atoms with Crippen LogP contribution < -0.4 is 5.32 Å². The zero-order chi connectivity index (χ0) is 26.5. The highest BCUT2D eigenvalue weighted by Gasteiger charge is 2.25. The number of thiol groups is 1. The number of aliphatic imine (C=N–C) groups is 1. The minimum atomic E-state index is 0.101. The van der Waals surface area contributed by atoms with Crippen LogP contribution in [-0.4, -0.2) is 30.1 Å². The summed E-state index contributed by atoms with van der Waals surface area (Å²) in [5, 5.41) is 4.12. The molecule has 37 heavy (non-hydrogen) atoms. The topological polar surface area (TPSA) is 44.7 Å². The lowest BCUT2D eigenvalue weighted by Crippen LogP contribution is -2.38. The van der Waals surface area contributed by atoms with Crippen LogP contribution in [0.25, 0.3) is 0 Å². The Balaban J connectivity index is 0.000000468. The first-order valence-electron chi connectivity index (χ1n) is 12.8. The smallest absolute Gasteiger partial charge is 0.253 e. The summed E-state index contributed by atoms with van der Waals surface area (Å²) in [6.45, 7) is 6.32. The highest BCUT2D eigenvalue weighted by Crippen LogP contribution is 2.27. The molecule has 194 valence electrons. The third kappa shape index (κ3) is 9.42. The van der Waals surface area contributed by atoms with E-state index in [1.54, 1.807) is 0 Å². The zero-order valence-corrected chi connectivity index (χ0v) is 23.3. The molecule has 1 heterocycles. The minimum Gasteiger partial charge on any atom is -0.381 e. The number of rotatable bonds is 7. The van der Waals surface area contributed by atoms with E-state index in [1.165, 1.54) is 5.70 Å². The van der Waals surface area contributed by atoms with Gasteiger partial charge in [-0.3, -0.25) is 9.79 Å². The molecule has 1 N–H and O–H groups in total. The van der Waals surface area contributed by atoms with Gasteiger partial charge in [-0.25, -0.2) is 0 Å². The molecule has 0 bridgehead atoms. The van der Waals surface area contributed by atoms with E-state index >= 15 is 0 Å². The van der Waals surface area contributed by atoms with Gasteiger partial charge < -0.3 is 10.2 Å². The second-order valence-corrected chi connectivity index (χ2v) is 9.84. The van der Waals surface area contributed by atoms with Crippen LogP contribution in [0.4, 0.5) is 5.69 Å². The number of benzene rings is 3. The fraction of sp³-hybridized carbons (Fsp3) is 0.290. The van der Waals surface area contributed by atoms with E-state index in [1.807, 2.05) is 96.9 Å². The number of nitrogens with zero attached hydrogens (tertiary/aromatic N) is 2. The van der Waals surface area contributed by atoms with Crippen molar-refractivity contribution in [3.8, 4) is 0 Å². The molecule has 6 heteroatoms. The van der Waals surface area contributed by atoms with Gasteiger partial charge in [-0.15, -0.1) is 12.6 Å². The average molecular weight is 534 g/mol. The maximum atomic E-state index is 13.0. The number of amides is 1. The predicted octanol–water partition coefficient (Wildman–Crippen LogP) is 8.16. The minimum absolute atomic E-state index is 0.101. The quantitative estimate of drug-likeness (QED) is 0.237. The van der Waals surface area contributed by atoms with Crippen molar-refractivity contribution in [2.75, 3.05) is 18.4 Å². The summed E-state index contributed by atoms with van der Waals surface area (Å²) < 4.78 is 0. The molecule has 4 nitrogen and oxygen atoms in total. The SMILES string of the molecule is CC=N/C(=C\CC)C1CCN(C(=O)c2cccc(NCc3ccc(Cl)cc3)c2)CC1.Sc1ccccc1. The molecular formula is C31H36ClN3OS. The van der Waals surface area contributed by atoms with Crippen molar-refractivity contribution in [3.05, 3.63) is 107 Å². The molecule has 1 amide bonds. The van der Waals surface area contributed by atoms with Crippen molar-refractivity contribution in [2.24, 2.45) is 10.9 Å². The summed E-state index contributed by atoms with van der Waals surface area (Å²) in [7, 11) is 0. The number of hydrogen-bond donors (Lipinski definition) is 2. The van der Waals surface area contributed by atoms with Crippen molar-refractivity contribution < 1.29 is 4.79 Å². The summed E-state index contributed by atoms with van der Waals surface area (Å²) >= 11 is 10.0. The Morgan fingerprint density at radius 1 is 1.05 bits per heavy atom. The van der Waals surface area contributed by atoms with E-state index in [-0.39, 0.29) is 5.91 Å². The summed E-state index contributed by atoms with van der Waals surface area (Å²) in [5.41, 5.74) is 3.98. The molecule has 1 saturated heterocycles. The Hall–Kier alpha value is -3.02. The predicted molar refractivity (Wildman–Crippen MR) is 160 cm³/mol. The molecule has 0 spiro atoms. The summed E-state index contributed by atoms with van der Waals surface area (Å²) in [6.07, 6.45) is 6.98. The van der Waals surface area contributed by atoms with Crippen LogP contribution in [-0.2, 0) is 6.54 Å². The van der Waals surface area contributed by atoms with E-state index in [9.17, 15) is 4.79 Å². The number of hydrogen-bond acceptors (Lipinski definition) is 4. The molecule has 4 rings (SSSR count). The number of allylic oxidation sites excluding steroid dienone is 2. The summed E-state index contributed by atoms with van der Waals surface area (Å²) in [5.74, 6) is 0.543. The number of carbonyl (C=O) groups excluding carboxylic acids is 1. The van der Waals surface area contributed by atoms with Crippen LogP contribution in [0.5, 0.6) is 0 Å². The fourth-order valence-corrected chi connectivity index (χ4v) is 4.54. The van der Waals surface area contributed by atoms with Crippen molar-refractivity contribution in [2.45, 2.75) is 44.6 Å². The van der Waals surface area contributed by atoms with Crippen LogP contribution in [0.15, 0.2) is 101 Å². The van der Waals surface area contributed by atoms with Crippen molar-refractivity contribution >= 4 is 42.0 Å². The largest absolute Gasteiger partial charge is 0.381 e. The third-order valence-electron chi connectivity index (χ3n) is 6.17. The van der Waals surface area contributed by atoms with Gasteiger partial charge in [-0.05, 0) is 74.2 Å². The molecule has 1 aliphatic rings. The molecule has 0 atom stereocenters. The van der Waals surface area contributed by atoms with Gasteiger partial charge in [-0.2, -0.15) is 0 Å². The fourth-order valence-electron chi connectivity index (χ4n) is 4.24. The molecule has 3 aromatic carbocycles. The van der Waals surface area contributed by atoms with Gasteiger partial charge in [0.2, 0.25) is 0 Å². The van der Waals surface area contributed by atoms with Gasteiger partial charge >= 0.3 is 0 Å². The molecule has 3 aromatic rings. The lowest BCUT2D eigenvalue weighted by Gasteiger charge is -2.32. The van der Waals surface area contributed by atoms with E-state index in [4.69, 9.17) is 11.6 Å². The number of anilines is 1. The van der Waals surface area contributed by atoms with Gasteiger partial charge in [0, 0.05) is 58.6 Å². The lowest BCUT2D eigenvalue weighted by molar-refractivity contribution is 0.0701. The van der Waals surface area contributed by atoms with Crippen LogP contribution in [0.1, 0.15) is 49.0 Å². The van der Waals surface area contributed by atoms with Crippen LogP contribution >= 0.6 is 24.2 Å². The number of piperidine rings is 1. The van der Waals surface area contributed by atoms with Gasteiger partial charge in [0.1, 0.15) is 0 Å². The van der Waals surface area contributed by atoms with Gasteiger partial charge in [-0.1, -0.05) is 61.0 Å². The summed E-state index contributed by atoms with van der Waals surface area (Å²) in [4.78, 5) is 20.6. The maximum absolute atomic E-state index is 13.0. The lowest BCUT2D eigenvalue weighted by atomic mass is 9.92. The number of halogens is 1. The summed E-state index contributed by atoms with van der Waals surface area (Å²) in [6, 6.07) is 25.3. The molecule has 0 aromatic heterocycles. The normalized spacial score (nSPS) is 14.3. The molecule has 0 aliphatic carbocycles. The Kier molecular flexibility index (Phi) is 11.8. The first-order chi connectivity index (χ1) is 18.0. The molecule has 0 radical (unpaired) electrons. The van der Waals surface area contributed by atoms with Crippen LogP contribution in [0.3, 0.4) is 0 Å². The van der Waals surface area contributed by atoms with Crippen molar-refractivity contribution in [1.82, 2.24) is 4.90 Å². The Morgan fingerprint density at radius 2 is 1.76 bits per heavy atom. The average Bonchev–Trinajstić information content (AvgIpc) is 2.93. The van der Waals surface area contributed by atoms with Gasteiger partial charge in [0.25, 0.3) is 5.91 Å². The Morgan fingerprint density at radius 3 is 2.35 bits per heavy atom. The number of likely N-dealkylation sites (tertiary alicyclic amines) is 1. The molecular weight excluding hydrogens is 498 g/mol. The third-order valence-corrected chi connectivity index (χ3v) is 6.72. The van der Waals surface area contributed by atoms with Crippen molar-refractivity contribution in [3.63, 3.8) is 0 Å². The van der Waals surface area contributed by atoms with E-state index in [2.05, 4.69) is 35.9 Å². The maximum Gasteiger partial charge on any atom is 0.253 e. The van der Waals surface area contributed by atoms with E-state index in [0.29, 0.717) is 12.5 Å². The second-order valence-electron chi connectivity index (χ2n) is 8.89. The van der Waals surface area contributed by atoms with Gasteiger partial charge in [0.05, 0.1) is 0 Å². The monoisotopic (exact) mass is 533 g/mol. The Labute approximate surface area is 231 Å². The second kappa shape index (κ2) is 15.3. The molecule has 1 fully saturated rings. The van der Waals surface area contributed by atoms with E-state index < -0.39 is 0 Å². The highest BCUT2D eigenvalue weighted by molar-refractivity contribution is 7.80. The number of carbonyl (C=O) groups is 1. The standard InChI is InChI=1S/C25H30ClN3O.C6H6S/c1-3-6-24(27-4-2)20-13-15-29(16-14-20)25(30)21-7-5-8-23(17-21)28-18-19-9-11-22(26)12-10-19;7-6-4-2-1-3-5-6/h4-12,17,20,28H,3,13-16,18H2,1-2H3;1-5,7H/b24-6-,27-4?;. The zero-order valence-electron chi connectivity index (χ0n) is 21.6. The van der Waals surface area contributed by atoms with Crippen LogP contribution in [0, 0.1) is 5.92 Å². The Bertz CT molecular complexity index is 1170. The van der Waals surface area contributed by atoms with Gasteiger partial charge in [0.15, 0.2) is 0 Å². The molecule has 0 unspecified atom stereocenters. The van der Waals surface area contributed by atoms with Crippen LogP contribution in [0.2, 0.25) is 5.02 Å². The molecule has 1 aliphatic heterocycles. The number of nitrogens with one attached hydrogen (secondary N) is 1. The first-order valence-corrected chi connectivity index (χ1v) is 13.6. The first kappa shape index (κ1) is 28.5. The highest BCUT2D eigenvalue weighted by atomic mass is 35.5. The van der Waals surface area contributed by atoms with Crippen molar-refractivity contribution in [1.29, 1.82) is 0 Å².